The maximum atomic E-state index is 13.0. The van der Waals surface area contributed by atoms with E-state index in [1.807, 2.05) is 72.1 Å². The van der Waals surface area contributed by atoms with Crippen LogP contribution in [-0.4, -0.2) is 25.0 Å². The van der Waals surface area contributed by atoms with Crippen LogP contribution in [0, 0.1) is 0 Å². The van der Waals surface area contributed by atoms with Crippen molar-refractivity contribution in [2.45, 2.75) is 18.4 Å². The molecule has 2 atom stereocenters. The lowest BCUT2D eigenvalue weighted by molar-refractivity contribution is -0.142. The van der Waals surface area contributed by atoms with E-state index in [2.05, 4.69) is 0 Å². The van der Waals surface area contributed by atoms with Crippen LogP contribution in [-0.2, 0) is 14.3 Å². The fourth-order valence-electron chi connectivity index (χ4n) is 3.73. The second-order valence-electron chi connectivity index (χ2n) is 6.45. The van der Waals surface area contributed by atoms with Gasteiger partial charge in [-0.15, -0.1) is 11.3 Å². The number of esters is 1. The van der Waals surface area contributed by atoms with E-state index in [-0.39, 0.29) is 18.2 Å². The number of para-hydroxylation sites is 1. The first-order valence-corrected chi connectivity index (χ1v) is 9.66. The van der Waals surface area contributed by atoms with Gasteiger partial charge in [-0.3, -0.25) is 9.69 Å². The van der Waals surface area contributed by atoms with Crippen LogP contribution >= 0.6 is 11.3 Å². The number of methoxy groups -OCH3 is 1. The molecule has 4 rings (SSSR count). The van der Waals surface area contributed by atoms with Crippen LogP contribution in [0.1, 0.15) is 17.9 Å². The summed E-state index contributed by atoms with van der Waals surface area (Å²) in [6.07, 6.45) is 0.280. The number of carbonyl (C=O) groups excluding carboxylic acids is 2. The first-order chi connectivity index (χ1) is 13.2. The predicted octanol–water partition coefficient (Wildman–Crippen LogP) is 4.48. The zero-order chi connectivity index (χ0) is 18.8. The molecule has 0 spiro atoms. The number of hydrogen-bond donors (Lipinski definition) is 0. The molecule has 1 aromatic heterocycles. The summed E-state index contributed by atoms with van der Waals surface area (Å²) in [4.78, 5) is 28.4. The van der Waals surface area contributed by atoms with Gasteiger partial charge < -0.3 is 4.74 Å². The molecule has 1 aliphatic heterocycles. The van der Waals surface area contributed by atoms with Crippen LogP contribution in [0.2, 0.25) is 0 Å². The Kier molecular flexibility index (Phi) is 4.77. The summed E-state index contributed by atoms with van der Waals surface area (Å²) in [7, 11) is 1.37. The summed E-state index contributed by atoms with van der Waals surface area (Å²) in [5.74, 6) is -0.693. The molecule has 27 heavy (non-hydrogen) atoms. The average Bonchev–Trinajstić information content (AvgIpc) is 3.36. The molecule has 1 fully saturated rings. The van der Waals surface area contributed by atoms with E-state index in [1.165, 1.54) is 7.11 Å². The fraction of sp³-hybridized carbons (Fsp3) is 0.182. The van der Waals surface area contributed by atoms with Crippen molar-refractivity contribution < 1.29 is 14.3 Å². The minimum atomic E-state index is -0.675. The summed E-state index contributed by atoms with van der Waals surface area (Å²) < 4.78 is 5.09. The summed E-state index contributed by atoms with van der Waals surface area (Å²) >= 11 is 1.61. The predicted molar refractivity (Wildman–Crippen MR) is 107 cm³/mol. The van der Waals surface area contributed by atoms with Crippen molar-refractivity contribution in [1.29, 1.82) is 0 Å². The van der Waals surface area contributed by atoms with Crippen LogP contribution in [0.5, 0.6) is 0 Å². The van der Waals surface area contributed by atoms with Gasteiger partial charge in [0.15, 0.2) is 0 Å². The molecule has 3 aromatic rings. The maximum absolute atomic E-state index is 13.0. The lowest BCUT2D eigenvalue weighted by Gasteiger charge is -2.28. The van der Waals surface area contributed by atoms with Crippen molar-refractivity contribution >= 4 is 28.9 Å². The molecule has 5 heteroatoms. The zero-order valence-corrected chi connectivity index (χ0v) is 15.7. The van der Waals surface area contributed by atoms with Gasteiger partial charge >= 0.3 is 5.97 Å². The highest BCUT2D eigenvalue weighted by Gasteiger charge is 2.47. The standard InChI is InChI=1S/C22H19NO3S/c1-26-22(25)21-17(15-8-3-2-4-9-15)14-20(24)23(21)18-11-6-5-10-16(18)19-12-7-13-27-19/h2-13,17,21H,14H2,1H3/t17-,21-/m0/s1. The van der Waals surface area contributed by atoms with Crippen molar-refractivity contribution in [3.05, 3.63) is 77.7 Å². The SMILES string of the molecule is COC(=O)[C@@H]1[C@H](c2ccccc2)CC(=O)N1c1ccccc1-c1cccs1. The molecule has 0 radical (unpaired) electrons. The smallest absolute Gasteiger partial charge is 0.329 e. The lowest BCUT2D eigenvalue weighted by atomic mass is 9.91. The number of ether oxygens (including phenoxy) is 1. The highest BCUT2D eigenvalue weighted by atomic mass is 32.1. The Bertz CT molecular complexity index is 953. The number of amides is 1. The van der Waals surface area contributed by atoms with Gasteiger partial charge in [0.25, 0.3) is 0 Å². The molecule has 1 amide bonds. The Morgan fingerprint density at radius 3 is 2.48 bits per heavy atom. The van der Waals surface area contributed by atoms with Crippen LogP contribution in [0.25, 0.3) is 10.4 Å². The molecular formula is C22H19NO3S. The quantitative estimate of drug-likeness (QED) is 0.630. The monoisotopic (exact) mass is 377 g/mol. The average molecular weight is 377 g/mol. The van der Waals surface area contributed by atoms with E-state index in [0.717, 1.165) is 21.7 Å². The highest BCUT2D eigenvalue weighted by molar-refractivity contribution is 7.13. The van der Waals surface area contributed by atoms with E-state index < -0.39 is 12.0 Å². The number of rotatable bonds is 4. The Morgan fingerprint density at radius 2 is 1.78 bits per heavy atom. The molecule has 2 heterocycles. The Balaban J connectivity index is 1.83. The molecule has 0 N–H and O–H groups in total. The topological polar surface area (TPSA) is 46.6 Å². The van der Waals surface area contributed by atoms with Gasteiger partial charge in [-0.25, -0.2) is 4.79 Å². The van der Waals surface area contributed by atoms with Gasteiger partial charge in [0.1, 0.15) is 6.04 Å². The summed E-state index contributed by atoms with van der Waals surface area (Å²) in [6.45, 7) is 0. The van der Waals surface area contributed by atoms with E-state index in [4.69, 9.17) is 4.74 Å². The van der Waals surface area contributed by atoms with Gasteiger partial charge in [-0.2, -0.15) is 0 Å². The van der Waals surface area contributed by atoms with E-state index in [0.29, 0.717) is 0 Å². The third-order valence-corrected chi connectivity index (χ3v) is 5.85. The van der Waals surface area contributed by atoms with E-state index >= 15 is 0 Å². The molecule has 1 aliphatic rings. The van der Waals surface area contributed by atoms with Crippen LogP contribution in [0.3, 0.4) is 0 Å². The first-order valence-electron chi connectivity index (χ1n) is 8.78. The molecule has 0 aliphatic carbocycles. The molecule has 136 valence electrons. The van der Waals surface area contributed by atoms with Crippen molar-refractivity contribution in [1.82, 2.24) is 0 Å². The minimum Gasteiger partial charge on any atom is -0.467 e. The molecule has 0 unspecified atom stereocenters. The normalized spacial score (nSPS) is 19.3. The third kappa shape index (κ3) is 3.15. The molecule has 2 aromatic carbocycles. The molecule has 0 bridgehead atoms. The zero-order valence-electron chi connectivity index (χ0n) is 14.9. The number of carbonyl (C=O) groups is 2. The summed E-state index contributed by atoms with van der Waals surface area (Å²) in [5.41, 5.74) is 2.67. The Morgan fingerprint density at radius 1 is 1.04 bits per heavy atom. The van der Waals surface area contributed by atoms with Gasteiger partial charge in [-0.05, 0) is 23.1 Å². The Hall–Kier alpha value is -2.92. The second kappa shape index (κ2) is 7.37. The van der Waals surface area contributed by atoms with Crippen molar-refractivity contribution in [3.63, 3.8) is 0 Å². The van der Waals surface area contributed by atoms with Gasteiger partial charge in [0.2, 0.25) is 5.91 Å². The Labute approximate surface area is 162 Å². The lowest BCUT2D eigenvalue weighted by Crippen LogP contribution is -2.42. The third-order valence-electron chi connectivity index (χ3n) is 4.94. The summed E-state index contributed by atoms with van der Waals surface area (Å²) in [6, 6.07) is 20.7. The largest absolute Gasteiger partial charge is 0.467 e. The molecule has 4 nitrogen and oxygen atoms in total. The number of hydrogen-bond acceptors (Lipinski definition) is 4. The minimum absolute atomic E-state index is 0.0664. The van der Waals surface area contributed by atoms with Crippen molar-refractivity contribution in [2.75, 3.05) is 12.0 Å². The van der Waals surface area contributed by atoms with Crippen LogP contribution in [0.4, 0.5) is 5.69 Å². The first kappa shape index (κ1) is 17.5. The number of thiophene rings is 1. The van der Waals surface area contributed by atoms with E-state index in [1.54, 1.807) is 16.2 Å². The van der Waals surface area contributed by atoms with Gasteiger partial charge in [0.05, 0.1) is 12.8 Å². The molecular weight excluding hydrogens is 358 g/mol. The molecule has 0 saturated carbocycles. The molecule has 1 saturated heterocycles. The van der Waals surface area contributed by atoms with Crippen LogP contribution in [0.15, 0.2) is 72.1 Å². The fourth-order valence-corrected chi connectivity index (χ4v) is 4.49. The second-order valence-corrected chi connectivity index (χ2v) is 7.40. The highest BCUT2D eigenvalue weighted by Crippen LogP contribution is 2.42. The number of benzene rings is 2. The van der Waals surface area contributed by atoms with Gasteiger partial charge in [-0.1, -0.05) is 54.6 Å². The number of anilines is 1. The van der Waals surface area contributed by atoms with E-state index in [9.17, 15) is 9.59 Å². The van der Waals surface area contributed by atoms with Crippen molar-refractivity contribution in [2.24, 2.45) is 0 Å². The van der Waals surface area contributed by atoms with Crippen molar-refractivity contribution in [3.8, 4) is 10.4 Å². The van der Waals surface area contributed by atoms with Gasteiger partial charge in [0, 0.05) is 22.8 Å². The maximum Gasteiger partial charge on any atom is 0.329 e. The number of nitrogens with zero attached hydrogens (tertiary/aromatic N) is 1. The summed E-state index contributed by atoms with van der Waals surface area (Å²) in [5, 5.41) is 2.00. The van der Waals surface area contributed by atoms with Crippen LogP contribution < -0.4 is 4.90 Å².